The van der Waals surface area contributed by atoms with Crippen LogP contribution in [0.25, 0.3) is 0 Å². The van der Waals surface area contributed by atoms with Gasteiger partial charge in [0.2, 0.25) is 0 Å². The molecule has 2 bridgehead atoms. The molecular weight excluding hydrogens is 1610 g/mol. The number of halogens is 9. The van der Waals surface area contributed by atoms with Crippen LogP contribution in [0, 0.1) is 48.9 Å². The summed E-state index contributed by atoms with van der Waals surface area (Å²) < 4.78 is 45.6. The number of fused-ring (bicyclic) bond motifs is 2. The lowest BCUT2D eigenvalue weighted by atomic mass is 9.70. The van der Waals surface area contributed by atoms with Crippen LogP contribution in [0.1, 0.15) is 33.1 Å². The standard InChI is InChI=1S/C28H21I9O4S2/c1-27(2)13-3-4-28(27,23(38)5-13)12-42(39,40)41-43(24-17(32)6-14(29)7-18(24)33,25-19(34)8-15(30)9-20(25)35)26-21(36)10-16(31)11-22(26)37/h6-11,13H,3-5,12H2,1-2H3. The molecule has 2 saturated carbocycles. The van der Waals surface area contributed by atoms with Gasteiger partial charge in [0, 0.05) is 53.2 Å². The summed E-state index contributed by atoms with van der Waals surface area (Å²) >= 11 is 21.0. The molecule has 2 aliphatic carbocycles. The Hall–Kier alpha value is 4.16. The van der Waals surface area contributed by atoms with Gasteiger partial charge in [0.1, 0.15) is 5.78 Å². The van der Waals surface area contributed by atoms with Gasteiger partial charge in [0.15, 0.2) is 0 Å². The van der Waals surface area contributed by atoms with Crippen molar-refractivity contribution in [1.29, 1.82) is 0 Å². The smallest absolute Gasteiger partial charge is 0.278 e. The molecule has 5 rings (SSSR count). The van der Waals surface area contributed by atoms with E-state index in [9.17, 15) is 13.2 Å². The third-order valence-corrected chi connectivity index (χ3v) is 23.2. The van der Waals surface area contributed by atoms with Gasteiger partial charge in [-0.2, -0.15) is 8.42 Å². The van der Waals surface area contributed by atoms with Crippen molar-refractivity contribution >= 4 is 230 Å². The highest BCUT2D eigenvalue weighted by Crippen LogP contribution is 2.75. The quantitative estimate of drug-likeness (QED) is 0.221. The maximum Gasteiger partial charge on any atom is 0.278 e. The minimum atomic E-state index is -4.26. The van der Waals surface area contributed by atoms with Crippen molar-refractivity contribution in [2.75, 3.05) is 5.75 Å². The van der Waals surface area contributed by atoms with E-state index in [1.807, 2.05) is 0 Å². The Balaban J connectivity index is 1.90. The van der Waals surface area contributed by atoms with Crippen molar-refractivity contribution in [3.05, 3.63) is 68.5 Å². The van der Waals surface area contributed by atoms with Crippen LogP contribution in [0.3, 0.4) is 0 Å². The van der Waals surface area contributed by atoms with Gasteiger partial charge in [-0.15, -0.1) is 0 Å². The van der Waals surface area contributed by atoms with E-state index in [0.29, 0.717) is 12.8 Å². The van der Waals surface area contributed by atoms with E-state index < -0.39 is 31.3 Å². The highest BCUT2D eigenvalue weighted by molar-refractivity contribution is 14.1. The fraction of sp³-hybridized carbons (Fsp3) is 0.321. The van der Waals surface area contributed by atoms with Crippen molar-refractivity contribution in [2.45, 2.75) is 47.8 Å². The predicted octanol–water partition coefficient (Wildman–Crippen LogP) is 12.1. The number of benzene rings is 3. The number of ketones is 1. The van der Waals surface area contributed by atoms with Gasteiger partial charge in [-0.05, 0) is 274 Å². The predicted molar refractivity (Wildman–Crippen MR) is 250 cm³/mol. The van der Waals surface area contributed by atoms with E-state index in [-0.39, 0.29) is 17.5 Å². The summed E-state index contributed by atoms with van der Waals surface area (Å²) in [5.41, 5.74) is -1.34. The average Bonchev–Trinajstić information content (AvgIpc) is 3.15. The molecule has 0 amide bonds. The maximum absolute atomic E-state index is 14.8. The van der Waals surface area contributed by atoms with Gasteiger partial charge in [-0.1, -0.05) is 13.8 Å². The monoisotopic (exact) mass is 1630 g/mol. The van der Waals surface area contributed by atoms with Gasteiger partial charge in [0.05, 0.1) is 11.2 Å². The van der Waals surface area contributed by atoms with Crippen LogP contribution in [0.4, 0.5) is 0 Å². The van der Waals surface area contributed by atoms with Crippen molar-refractivity contribution < 1.29 is 16.8 Å². The number of carbonyl (C=O) groups excluding carboxylic acids is 1. The lowest BCUT2D eigenvalue weighted by molar-refractivity contribution is -0.128. The zero-order chi connectivity index (χ0) is 31.9. The van der Waals surface area contributed by atoms with Gasteiger partial charge in [0.25, 0.3) is 10.1 Å². The summed E-state index contributed by atoms with van der Waals surface area (Å²) in [6.07, 6.45) is 1.91. The van der Waals surface area contributed by atoms with E-state index in [2.05, 4.69) is 254 Å². The lowest BCUT2D eigenvalue weighted by Crippen LogP contribution is -2.42. The first kappa shape index (κ1) is 38.4. The molecule has 2 fully saturated rings. The molecule has 232 valence electrons. The molecule has 0 spiro atoms. The third-order valence-electron chi connectivity index (χ3n) is 8.52. The summed E-state index contributed by atoms with van der Waals surface area (Å²) in [6.45, 7) is 4.15. The Kier molecular flexibility index (Phi) is 12.8. The number of Topliss-reactive ketones (excluding diaryl/α,β-unsaturated/α-hetero) is 1. The fourth-order valence-corrected chi connectivity index (χ4v) is 28.9. The van der Waals surface area contributed by atoms with Crippen LogP contribution in [0.5, 0.6) is 0 Å². The Labute approximate surface area is 377 Å². The minimum Gasteiger partial charge on any atom is -0.299 e. The maximum atomic E-state index is 14.8. The number of rotatable bonds is 7. The van der Waals surface area contributed by atoms with Crippen LogP contribution in [-0.2, 0) is 18.5 Å². The summed E-state index contributed by atoms with van der Waals surface area (Å²) in [4.78, 5) is 16.2. The number of hydrogen-bond donors (Lipinski definition) is 0. The highest BCUT2D eigenvalue weighted by atomic mass is 127. The molecule has 0 saturated heterocycles. The highest BCUT2D eigenvalue weighted by Gasteiger charge is 2.66. The van der Waals surface area contributed by atoms with Crippen molar-refractivity contribution in [3.8, 4) is 0 Å². The number of carbonyl (C=O) groups is 1. The van der Waals surface area contributed by atoms with Crippen molar-refractivity contribution in [1.82, 2.24) is 0 Å². The Morgan fingerprint density at radius 1 is 0.698 bits per heavy atom. The largest absolute Gasteiger partial charge is 0.299 e. The first-order valence-electron chi connectivity index (χ1n) is 12.6. The van der Waals surface area contributed by atoms with E-state index in [1.165, 1.54) is 0 Å². The van der Waals surface area contributed by atoms with Crippen LogP contribution < -0.4 is 0 Å². The first-order chi connectivity index (χ1) is 19.9. The molecule has 2 aliphatic rings. The zero-order valence-corrected chi connectivity index (χ0v) is 43.3. The Morgan fingerprint density at radius 3 is 1.33 bits per heavy atom. The summed E-state index contributed by atoms with van der Waals surface area (Å²) in [5.74, 6) is -0.0256. The molecule has 0 radical (unpaired) electrons. The minimum absolute atomic E-state index is 0.0665. The van der Waals surface area contributed by atoms with Crippen LogP contribution in [0.15, 0.2) is 51.1 Å². The topological polar surface area (TPSA) is 60.4 Å². The van der Waals surface area contributed by atoms with Crippen LogP contribution in [-0.4, -0.2) is 20.0 Å². The van der Waals surface area contributed by atoms with Gasteiger partial charge >= 0.3 is 0 Å². The zero-order valence-electron chi connectivity index (χ0n) is 22.2. The van der Waals surface area contributed by atoms with E-state index in [1.54, 1.807) is 0 Å². The molecule has 2 unspecified atom stereocenters. The molecule has 3 aromatic rings. The molecule has 3 aromatic carbocycles. The van der Waals surface area contributed by atoms with Crippen LogP contribution in [0.2, 0.25) is 0 Å². The molecular formula is C28H21I9O4S2. The van der Waals surface area contributed by atoms with Gasteiger partial charge in [-0.3, -0.25) is 4.79 Å². The SMILES string of the molecule is CC1(C)C2CCC1(CS(=O)(=O)OS(c1c(I)cc(I)cc1I)(c1c(I)cc(I)cc1I)c1c(I)cc(I)cc1I)C(=O)C2. The van der Waals surface area contributed by atoms with Crippen molar-refractivity contribution in [3.63, 3.8) is 0 Å². The Morgan fingerprint density at radius 2 is 1.05 bits per heavy atom. The lowest BCUT2D eigenvalue weighted by Gasteiger charge is -2.44. The first-order valence-corrected chi connectivity index (χ1v) is 25.4. The molecule has 0 aromatic heterocycles. The Bertz CT molecular complexity index is 1590. The average molecular weight is 1630 g/mol. The second-order valence-corrected chi connectivity index (χ2v) is 26.1. The van der Waals surface area contributed by atoms with Crippen LogP contribution >= 0.6 is 214 Å². The summed E-state index contributed by atoms with van der Waals surface area (Å²) in [6, 6.07) is 12.6. The van der Waals surface area contributed by atoms with Gasteiger partial charge < -0.3 is 0 Å². The molecule has 43 heavy (non-hydrogen) atoms. The summed E-state index contributed by atoms with van der Waals surface area (Å²) in [5, 5.41) is 0. The van der Waals surface area contributed by atoms with Gasteiger partial charge in [-0.25, -0.2) is 3.63 Å². The molecule has 2 atom stereocenters. The second kappa shape index (κ2) is 14.3. The van der Waals surface area contributed by atoms with E-state index >= 15 is 0 Å². The molecule has 15 heteroatoms. The molecule has 0 heterocycles. The van der Waals surface area contributed by atoms with E-state index in [0.717, 1.165) is 53.2 Å². The normalized spacial score (nSPS) is 21.9. The molecule has 4 nitrogen and oxygen atoms in total. The van der Waals surface area contributed by atoms with E-state index in [4.69, 9.17) is 3.63 Å². The van der Waals surface area contributed by atoms with Crippen molar-refractivity contribution in [2.24, 2.45) is 16.7 Å². The third kappa shape index (κ3) is 7.03. The molecule has 0 N–H and O–H groups in total. The molecule has 0 aliphatic heterocycles. The fourth-order valence-electron chi connectivity index (χ4n) is 6.41. The number of hydrogen-bond acceptors (Lipinski definition) is 4. The second-order valence-electron chi connectivity index (χ2n) is 11.1. The summed E-state index contributed by atoms with van der Waals surface area (Å²) in [7, 11) is -7.15.